The van der Waals surface area contributed by atoms with Gasteiger partial charge in [-0.15, -0.1) is 0 Å². The van der Waals surface area contributed by atoms with E-state index in [1.165, 1.54) is 0 Å². The summed E-state index contributed by atoms with van der Waals surface area (Å²) in [6.45, 7) is 3.33. The number of benzene rings is 2. The van der Waals surface area contributed by atoms with Gasteiger partial charge in [-0.3, -0.25) is 0 Å². The Kier molecular flexibility index (Phi) is 6.87. The molecule has 0 aliphatic heterocycles. The lowest BCUT2D eigenvalue weighted by Crippen LogP contribution is -2.28. The molecule has 0 saturated carbocycles. The van der Waals surface area contributed by atoms with Gasteiger partial charge in [0.1, 0.15) is 0 Å². The highest BCUT2D eigenvalue weighted by Gasteiger charge is 2.03. The highest BCUT2D eigenvalue weighted by molar-refractivity contribution is 6.40. The Morgan fingerprint density at radius 2 is 1.00 bits per heavy atom. The van der Waals surface area contributed by atoms with E-state index in [2.05, 4.69) is 31.7 Å². The molecule has 0 bridgehead atoms. The molecule has 8 heteroatoms. The zero-order valence-corrected chi connectivity index (χ0v) is 14.5. The number of hydrogen-bond acceptors (Lipinski definition) is 4. The summed E-state index contributed by atoms with van der Waals surface area (Å²) in [6, 6.07) is 17.1. The minimum atomic E-state index is -0.474. The van der Waals surface area contributed by atoms with Crippen molar-refractivity contribution in [2.75, 3.05) is 10.6 Å². The van der Waals surface area contributed by atoms with E-state index in [1.807, 2.05) is 36.4 Å². The predicted octanol–water partition coefficient (Wildman–Crippen LogP) is 3.38. The fraction of sp³-hybridized carbons (Fsp3) is 0.111. The molecule has 0 unspecified atom stereocenters. The predicted molar refractivity (Wildman–Crippen MR) is 103 cm³/mol. The van der Waals surface area contributed by atoms with Crippen LogP contribution in [0.2, 0.25) is 0 Å². The Morgan fingerprint density at radius 3 is 1.35 bits per heavy atom. The lowest BCUT2D eigenvalue weighted by Gasteiger charge is -2.06. The van der Waals surface area contributed by atoms with Gasteiger partial charge in [0.05, 0.1) is 11.4 Å². The summed E-state index contributed by atoms with van der Waals surface area (Å²) >= 11 is 0. The van der Waals surface area contributed by atoms with Crippen LogP contribution in [-0.2, 0) is 0 Å². The summed E-state index contributed by atoms with van der Waals surface area (Å²) in [5, 5.41) is 13.1. The third-order valence-corrected chi connectivity index (χ3v) is 3.24. The number of carbonyl (C=O) groups is 2. The molecule has 2 aromatic carbocycles. The van der Waals surface area contributed by atoms with Crippen LogP contribution >= 0.6 is 0 Å². The maximum Gasteiger partial charge on any atom is 0.339 e. The molecule has 0 fully saturated rings. The Hall–Kier alpha value is -3.68. The van der Waals surface area contributed by atoms with E-state index in [0.717, 1.165) is 0 Å². The quantitative estimate of drug-likeness (QED) is 0.489. The topological polar surface area (TPSA) is 107 Å². The van der Waals surface area contributed by atoms with Crippen molar-refractivity contribution in [1.82, 2.24) is 10.9 Å². The van der Waals surface area contributed by atoms with Crippen LogP contribution in [0.3, 0.4) is 0 Å². The van der Waals surface area contributed by atoms with Crippen molar-refractivity contribution < 1.29 is 9.59 Å². The van der Waals surface area contributed by atoms with Crippen molar-refractivity contribution in [3.63, 3.8) is 0 Å². The highest BCUT2D eigenvalue weighted by Crippen LogP contribution is 2.04. The van der Waals surface area contributed by atoms with Crippen molar-refractivity contribution in [3.05, 3.63) is 60.7 Å². The molecule has 0 aliphatic rings. The molecule has 0 aliphatic carbocycles. The zero-order chi connectivity index (χ0) is 18.8. The van der Waals surface area contributed by atoms with Gasteiger partial charge in [-0.25, -0.2) is 20.4 Å². The van der Waals surface area contributed by atoms with Crippen LogP contribution in [-0.4, -0.2) is 23.5 Å². The minimum Gasteiger partial charge on any atom is -0.307 e. The van der Waals surface area contributed by atoms with Gasteiger partial charge in [0, 0.05) is 11.4 Å². The first kappa shape index (κ1) is 18.7. The highest BCUT2D eigenvalue weighted by atomic mass is 16.2. The summed E-state index contributed by atoms with van der Waals surface area (Å²) in [5.41, 5.74) is 6.95. The van der Waals surface area contributed by atoms with Gasteiger partial charge >= 0.3 is 12.1 Å². The molecule has 2 rings (SSSR count). The fourth-order valence-electron chi connectivity index (χ4n) is 1.79. The largest absolute Gasteiger partial charge is 0.339 e. The van der Waals surface area contributed by atoms with Crippen LogP contribution in [0.15, 0.2) is 70.9 Å². The number of rotatable bonds is 5. The molecule has 8 nitrogen and oxygen atoms in total. The number of amides is 4. The number of urea groups is 2. The average molecular weight is 352 g/mol. The summed E-state index contributed by atoms with van der Waals surface area (Å²) < 4.78 is 0. The van der Waals surface area contributed by atoms with Crippen LogP contribution in [0.1, 0.15) is 13.8 Å². The number of para-hydroxylation sites is 2. The van der Waals surface area contributed by atoms with Gasteiger partial charge in [-0.05, 0) is 38.1 Å². The van der Waals surface area contributed by atoms with Crippen LogP contribution in [0, 0.1) is 0 Å². The molecule has 2 aromatic rings. The molecule has 0 saturated heterocycles. The smallest absolute Gasteiger partial charge is 0.307 e. The number of nitrogens with one attached hydrogen (secondary N) is 4. The summed E-state index contributed by atoms with van der Waals surface area (Å²) in [4.78, 5) is 23.5. The zero-order valence-electron chi connectivity index (χ0n) is 14.5. The molecule has 26 heavy (non-hydrogen) atoms. The normalized spacial score (nSPS) is 11.5. The van der Waals surface area contributed by atoms with Gasteiger partial charge in [0.2, 0.25) is 0 Å². The van der Waals surface area contributed by atoms with Crippen molar-refractivity contribution in [2.24, 2.45) is 10.2 Å². The van der Waals surface area contributed by atoms with Crippen molar-refractivity contribution in [1.29, 1.82) is 0 Å². The van der Waals surface area contributed by atoms with E-state index in [4.69, 9.17) is 0 Å². The molecule has 0 heterocycles. The number of carbonyl (C=O) groups excluding carboxylic acids is 2. The number of hydrogen-bond donors (Lipinski definition) is 4. The van der Waals surface area contributed by atoms with Crippen molar-refractivity contribution in [3.8, 4) is 0 Å². The first-order valence-corrected chi connectivity index (χ1v) is 7.87. The van der Waals surface area contributed by atoms with Crippen molar-refractivity contribution >= 4 is 34.9 Å². The molecule has 4 N–H and O–H groups in total. The summed E-state index contributed by atoms with van der Waals surface area (Å²) in [7, 11) is 0. The molecule has 4 amide bonds. The van der Waals surface area contributed by atoms with E-state index in [1.54, 1.807) is 38.1 Å². The third-order valence-electron chi connectivity index (χ3n) is 3.24. The lowest BCUT2D eigenvalue weighted by atomic mass is 10.3. The molecule has 134 valence electrons. The maximum atomic E-state index is 11.8. The Bertz CT molecular complexity index is 733. The van der Waals surface area contributed by atoms with E-state index >= 15 is 0 Å². The molecule has 0 atom stereocenters. The van der Waals surface area contributed by atoms with E-state index in [9.17, 15) is 9.59 Å². The molecule has 0 spiro atoms. The van der Waals surface area contributed by atoms with Crippen LogP contribution in [0.4, 0.5) is 21.0 Å². The Morgan fingerprint density at radius 1 is 0.654 bits per heavy atom. The molecule has 0 radical (unpaired) electrons. The van der Waals surface area contributed by atoms with Crippen LogP contribution in [0.25, 0.3) is 0 Å². The SMILES string of the molecule is CC(=N\NC(=O)Nc1ccccc1)/C(C)=N/NC(=O)Nc1ccccc1. The average Bonchev–Trinajstić information content (AvgIpc) is 2.65. The number of hydrazone groups is 2. The number of anilines is 2. The Balaban J connectivity index is 1.82. The first-order chi connectivity index (χ1) is 12.5. The molecule has 0 aromatic heterocycles. The minimum absolute atomic E-state index is 0.452. The van der Waals surface area contributed by atoms with Gasteiger partial charge in [0.25, 0.3) is 0 Å². The van der Waals surface area contributed by atoms with E-state index in [-0.39, 0.29) is 0 Å². The molecular formula is C18H20N6O2. The van der Waals surface area contributed by atoms with E-state index in [0.29, 0.717) is 22.8 Å². The second-order valence-corrected chi connectivity index (χ2v) is 5.26. The van der Waals surface area contributed by atoms with Crippen LogP contribution < -0.4 is 21.5 Å². The summed E-state index contributed by atoms with van der Waals surface area (Å²) in [5.74, 6) is 0. The van der Waals surface area contributed by atoms with Crippen molar-refractivity contribution in [2.45, 2.75) is 13.8 Å². The van der Waals surface area contributed by atoms with Gasteiger partial charge in [-0.2, -0.15) is 10.2 Å². The molecular weight excluding hydrogens is 332 g/mol. The Labute approximate surface area is 151 Å². The van der Waals surface area contributed by atoms with Gasteiger partial charge in [0.15, 0.2) is 0 Å². The third kappa shape index (κ3) is 6.44. The standard InChI is InChI=1S/C18H20N6O2/c1-13(21-23-17(25)19-15-9-5-3-6-10-15)14(2)22-24-18(26)20-16-11-7-4-8-12-16/h3-12H,1-2H3,(H2,19,23,25)(H2,20,24,26)/b21-13+,22-14+. The second kappa shape index (κ2) is 9.58. The monoisotopic (exact) mass is 352 g/mol. The summed E-state index contributed by atoms with van der Waals surface area (Å²) in [6.07, 6.45) is 0. The van der Waals surface area contributed by atoms with Crippen LogP contribution in [0.5, 0.6) is 0 Å². The van der Waals surface area contributed by atoms with Gasteiger partial charge in [-0.1, -0.05) is 36.4 Å². The second-order valence-electron chi connectivity index (χ2n) is 5.26. The number of nitrogens with zero attached hydrogens (tertiary/aromatic N) is 2. The first-order valence-electron chi connectivity index (χ1n) is 7.87. The fourth-order valence-corrected chi connectivity index (χ4v) is 1.79. The van der Waals surface area contributed by atoms with E-state index < -0.39 is 12.1 Å². The lowest BCUT2D eigenvalue weighted by molar-refractivity contribution is 0.251. The van der Waals surface area contributed by atoms with Gasteiger partial charge < -0.3 is 10.6 Å². The maximum absolute atomic E-state index is 11.8.